The van der Waals surface area contributed by atoms with Gasteiger partial charge in [0.05, 0.1) is 12.1 Å². The molecule has 0 bridgehead atoms. The summed E-state index contributed by atoms with van der Waals surface area (Å²) >= 11 is 0. The third-order valence-corrected chi connectivity index (χ3v) is 3.92. The minimum absolute atomic E-state index is 0. The van der Waals surface area contributed by atoms with Gasteiger partial charge in [0.15, 0.2) is 0 Å². The van der Waals surface area contributed by atoms with Crippen LogP contribution in [0.1, 0.15) is 30.4 Å². The lowest BCUT2D eigenvalue weighted by Gasteiger charge is -2.42. The Morgan fingerprint density at radius 2 is 2.00 bits per heavy atom. The minimum Gasteiger partial charge on any atom is -0.354 e. The highest BCUT2D eigenvalue weighted by molar-refractivity contribution is 5.85. The average Bonchev–Trinajstić information content (AvgIpc) is 2.36. The van der Waals surface area contributed by atoms with Gasteiger partial charge >= 0.3 is 6.18 Å². The molecule has 3 N–H and O–H groups in total. The molecule has 2 rings (SSSR count). The molecule has 1 fully saturated rings. The van der Waals surface area contributed by atoms with Gasteiger partial charge in [0.25, 0.3) is 0 Å². The van der Waals surface area contributed by atoms with Crippen LogP contribution in [0.5, 0.6) is 0 Å². The van der Waals surface area contributed by atoms with Gasteiger partial charge in [-0.25, -0.2) is 0 Å². The van der Waals surface area contributed by atoms with Crippen molar-refractivity contribution in [1.82, 2.24) is 5.32 Å². The molecule has 1 aliphatic carbocycles. The van der Waals surface area contributed by atoms with Crippen molar-refractivity contribution in [1.29, 1.82) is 0 Å². The minimum atomic E-state index is -4.35. The molecule has 1 saturated carbocycles. The molecule has 118 valence electrons. The number of halogens is 4. The lowest BCUT2D eigenvalue weighted by Crippen LogP contribution is -2.47. The second-order valence-corrected chi connectivity index (χ2v) is 5.19. The predicted molar refractivity (Wildman–Crippen MR) is 76.3 cm³/mol. The van der Waals surface area contributed by atoms with Crippen LogP contribution in [0, 0.1) is 0 Å². The van der Waals surface area contributed by atoms with E-state index in [-0.39, 0.29) is 30.3 Å². The van der Waals surface area contributed by atoms with Gasteiger partial charge in [-0.3, -0.25) is 4.79 Å². The summed E-state index contributed by atoms with van der Waals surface area (Å²) in [6, 6.07) is 5.37. The molecular weight excluding hydrogens is 305 g/mol. The number of nitrogens with one attached hydrogen (secondary N) is 1. The van der Waals surface area contributed by atoms with E-state index in [0.717, 1.165) is 25.3 Å². The normalized spacial score (nSPS) is 16.6. The Bertz CT molecular complexity index is 501. The zero-order chi connectivity index (χ0) is 14.8. The molecule has 0 saturated heterocycles. The molecule has 21 heavy (non-hydrogen) atoms. The van der Waals surface area contributed by atoms with Crippen molar-refractivity contribution in [3.05, 3.63) is 35.4 Å². The molecule has 0 atom stereocenters. The molecule has 1 aromatic carbocycles. The molecule has 0 aromatic heterocycles. The highest BCUT2D eigenvalue weighted by atomic mass is 35.5. The number of rotatable bonds is 4. The Kier molecular flexibility index (Phi) is 5.64. The molecule has 1 aromatic rings. The predicted octanol–water partition coefficient (Wildman–Crippen LogP) is 2.62. The first kappa shape index (κ1) is 17.8. The molecule has 1 aliphatic rings. The zero-order valence-electron chi connectivity index (χ0n) is 11.4. The number of carbonyl (C=O) groups is 1. The van der Waals surface area contributed by atoms with Gasteiger partial charge in [-0.15, -0.1) is 12.4 Å². The van der Waals surface area contributed by atoms with Crippen LogP contribution in [-0.4, -0.2) is 19.0 Å². The van der Waals surface area contributed by atoms with Gasteiger partial charge < -0.3 is 11.1 Å². The first-order chi connectivity index (χ1) is 9.37. The highest BCUT2D eigenvalue weighted by Crippen LogP contribution is 2.44. The number of benzene rings is 1. The van der Waals surface area contributed by atoms with Gasteiger partial charge in [0.1, 0.15) is 0 Å². The summed E-state index contributed by atoms with van der Waals surface area (Å²) in [7, 11) is 0. The van der Waals surface area contributed by atoms with Crippen LogP contribution in [0.15, 0.2) is 24.3 Å². The first-order valence-corrected chi connectivity index (χ1v) is 6.52. The number of carbonyl (C=O) groups excluding carboxylic acids is 1. The number of amides is 1. The summed E-state index contributed by atoms with van der Waals surface area (Å²) < 4.78 is 38.3. The van der Waals surface area contributed by atoms with Crippen LogP contribution < -0.4 is 11.1 Å². The van der Waals surface area contributed by atoms with Crippen LogP contribution >= 0.6 is 12.4 Å². The summed E-state index contributed by atoms with van der Waals surface area (Å²) in [6.07, 6.45) is -1.84. The quantitative estimate of drug-likeness (QED) is 0.895. The monoisotopic (exact) mass is 322 g/mol. The van der Waals surface area contributed by atoms with Crippen molar-refractivity contribution in [3.8, 4) is 0 Å². The van der Waals surface area contributed by atoms with Crippen molar-refractivity contribution < 1.29 is 18.0 Å². The number of hydrogen-bond donors (Lipinski definition) is 2. The van der Waals surface area contributed by atoms with Crippen molar-refractivity contribution in [3.63, 3.8) is 0 Å². The molecule has 0 radical (unpaired) electrons. The Morgan fingerprint density at radius 1 is 1.33 bits per heavy atom. The second-order valence-electron chi connectivity index (χ2n) is 5.19. The van der Waals surface area contributed by atoms with E-state index in [1.165, 1.54) is 12.1 Å². The van der Waals surface area contributed by atoms with Gasteiger partial charge in [-0.05, 0) is 24.5 Å². The maximum Gasteiger partial charge on any atom is 0.416 e. The van der Waals surface area contributed by atoms with E-state index in [0.29, 0.717) is 12.1 Å². The standard InChI is InChI=1S/C14H17F3N2O.ClH/c15-14(16,17)11-4-1-3-10(7-11)13(5-2-6-13)9-19-12(20)8-18;/h1,3-4,7H,2,5-6,8-9,18H2,(H,19,20);1H. The smallest absolute Gasteiger partial charge is 0.354 e. The molecule has 1 amide bonds. The van der Waals surface area contributed by atoms with Crippen LogP contribution in [0.4, 0.5) is 13.2 Å². The summed E-state index contributed by atoms with van der Waals surface area (Å²) in [5.74, 6) is -0.289. The van der Waals surface area contributed by atoms with Crippen molar-refractivity contribution in [2.24, 2.45) is 5.73 Å². The maximum absolute atomic E-state index is 12.8. The third-order valence-electron chi connectivity index (χ3n) is 3.92. The van der Waals surface area contributed by atoms with Gasteiger partial charge in [-0.1, -0.05) is 24.6 Å². The molecule has 0 heterocycles. The molecule has 3 nitrogen and oxygen atoms in total. The Morgan fingerprint density at radius 3 is 2.48 bits per heavy atom. The summed E-state index contributed by atoms with van der Waals surface area (Å²) in [4.78, 5) is 11.2. The van der Waals surface area contributed by atoms with E-state index < -0.39 is 11.7 Å². The van der Waals surface area contributed by atoms with Crippen LogP contribution in [0.3, 0.4) is 0 Å². The van der Waals surface area contributed by atoms with E-state index in [4.69, 9.17) is 5.73 Å². The lowest BCUT2D eigenvalue weighted by atomic mass is 9.64. The van der Waals surface area contributed by atoms with Crippen molar-refractivity contribution >= 4 is 18.3 Å². The number of alkyl halides is 3. The number of nitrogens with two attached hydrogens (primary N) is 1. The first-order valence-electron chi connectivity index (χ1n) is 6.52. The van der Waals surface area contributed by atoms with Crippen LogP contribution in [-0.2, 0) is 16.4 Å². The Balaban J connectivity index is 0.00000220. The summed E-state index contributed by atoms with van der Waals surface area (Å²) in [5.41, 5.74) is 4.83. The Hall–Kier alpha value is -1.27. The molecule has 0 unspecified atom stereocenters. The van der Waals surface area contributed by atoms with Gasteiger partial charge in [0.2, 0.25) is 5.91 Å². The van der Waals surface area contributed by atoms with E-state index in [1.54, 1.807) is 6.07 Å². The average molecular weight is 323 g/mol. The highest BCUT2D eigenvalue weighted by Gasteiger charge is 2.40. The van der Waals surface area contributed by atoms with Crippen LogP contribution in [0.25, 0.3) is 0 Å². The topological polar surface area (TPSA) is 55.1 Å². The number of hydrogen-bond acceptors (Lipinski definition) is 2. The zero-order valence-corrected chi connectivity index (χ0v) is 12.2. The second kappa shape index (κ2) is 6.66. The SMILES string of the molecule is Cl.NCC(=O)NCC1(c2cccc(C(F)(F)F)c2)CCC1. The molecule has 7 heteroatoms. The van der Waals surface area contributed by atoms with E-state index in [9.17, 15) is 18.0 Å². The fourth-order valence-corrected chi connectivity index (χ4v) is 2.54. The summed E-state index contributed by atoms with van der Waals surface area (Å²) in [5, 5.41) is 2.69. The summed E-state index contributed by atoms with van der Waals surface area (Å²) in [6.45, 7) is 0.225. The molecular formula is C14H18ClF3N2O. The van der Waals surface area contributed by atoms with Crippen LogP contribution in [0.2, 0.25) is 0 Å². The van der Waals surface area contributed by atoms with Gasteiger partial charge in [-0.2, -0.15) is 13.2 Å². The fourth-order valence-electron chi connectivity index (χ4n) is 2.54. The lowest BCUT2D eigenvalue weighted by molar-refractivity contribution is -0.137. The largest absolute Gasteiger partial charge is 0.416 e. The van der Waals surface area contributed by atoms with E-state index >= 15 is 0 Å². The van der Waals surface area contributed by atoms with Gasteiger partial charge in [0, 0.05) is 12.0 Å². The van der Waals surface area contributed by atoms with E-state index in [1.807, 2.05) is 0 Å². The van der Waals surface area contributed by atoms with E-state index in [2.05, 4.69) is 5.32 Å². The van der Waals surface area contributed by atoms with Crippen molar-refractivity contribution in [2.45, 2.75) is 30.9 Å². The molecule has 0 spiro atoms. The van der Waals surface area contributed by atoms with Crippen molar-refractivity contribution in [2.75, 3.05) is 13.1 Å². The Labute approximate surface area is 127 Å². The fraction of sp³-hybridized carbons (Fsp3) is 0.500. The molecule has 0 aliphatic heterocycles. The third kappa shape index (κ3) is 3.89. The maximum atomic E-state index is 12.8.